The largest absolute Gasteiger partial charge is 0.265 e. The van der Waals surface area contributed by atoms with Crippen molar-refractivity contribution < 1.29 is 8.42 Å². The maximum absolute atomic E-state index is 11.2. The third kappa shape index (κ3) is 1.81. The van der Waals surface area contributed by atoms with Gasteiger partial charge in [0.05, 0.1) is 16.1 Å². The minimum absolute atomic E-state index is 0.111. The SMILES string of the molecule is CCn1nc(C)c2cc(S(=O)(=O)Cl)ccc21. The number of fused-ring (bicyclic) bond motifs is 1. The number of aryl methyl sites for hydroxylation is 2. The Hall–Kier alpha value is -1.07. The molecule has 0 N–H and O–H groups in total. The van der Waals surface area contributed by atoms with E-state index in [0.29, 0.717) is 0 Å². The molecule has 4 nitrogen and oxygen atoms in total. The average molecular weight is 259 g/mol. The van der Waals surface area contributed by atoms with E-state index in [0.717, 1.165) is 23.1 Å². The number of hydrogen-bond acceptors (Lipinski definition) is 3. The van der Waals surface area contributed by atoms with Crippen LogP contribution in [0.1, 0.15) is 12.6 Å². The Balaban J connectivity index is 2.77. The van der Waals surface area contributed by atoms with Crippen molar-refractivity contribution in [3.63, 3.8) is 0 Å². The number of hydrogen-bond donors (Lipinski definition) is 0. The van der Waals surface area contributed by atoms with Crippen LogP contribution in [0.15, 0.2) is 23.1 Å². The monoisotopic (exact) mass is 258 g/mol. The van der Waals surface area contributed by atoms with Crippen molar-refractivity contribution >= 4 is 30.6 Å². The second kappa shape index (κ2) is 3.75. The molecule has 0 unspecified atom stereocenters. The standard InChI is InChI=1S/C10H11ClN2O2S/c1-3-13-10-5-4-8(16(11,14)15)6-9(10)7(2)12-13/h4-6H,3H2,1-2H3. The van der Waals surface area contributed by atoms with Crippen molar-refractivity contribution in [2.45, 2.75) is 25.3 Å². The van der Waals surface area contributed by atoms with E-state index in [1.54, 1.807) is 12.1 Å². The molecule has 0 amide bonds. The van der Waals surface area contributed by atoms with E-state index in [-0.39, 0.29) is 4.90 Å². The molecule has 0 atom stereocenters. The van der Waals surface area contributed by atoms with Gasteiger partial charge in [0.2, 0.25) is 0 Å². The van der Waals surface area contributed by atoms with Crippen LogP contribution in [-0.2, 0) is 15.6 Å². The van der Waals surface area contributed by atoms with Crippen LogP contribution in [0.4, 0.5) is 0 Å². The van der Waals surface area contributed by atoms with Gasteiger partial charge in [-0.2, -0.15) is 5.10 Å². The molecule has 0 aliphatic carbocycles. The fourth-order valence-electron chi connectivity index (χ4n) is 1.71. The van der Waals surface area contributed by atoms with E-state index < -0.39 is 9.05 Å². The highest BCUT2D eigenvalue weighted by atomic mass is 35.7. The van der Waals surface area contributed by atoms with Crippen LogP contribution < -0.4 is 0 Å². The van der Waals surface area contributed by atoms with Crippen molar-refractivity contribution in [1.29, 1.82) is 0 Å². The van der Waals surface area contributed by atoms with Crippen molar-refractivity contribution in [3.05, 3.63) is 23.9 Å². The predicted molar refractivity (Wildman–Crippen MR) is 63.2 cm³/mol. The molecule has 86 valence electrons. The Morgan fingerprint density at radius 2 is 2.12 bits per heavy atom. The highest BCUT2D eigenvalue weighted by Crippen LogP contribution is 2.24. The Bertz CT molecular complexity index is 646. The zero-order valence-corrected chi connectivity index (χ0v) is 10.5. The summed E-state index contributed by atoms with van der Waals surface area (Å²) in [6.07, 6.45) is 0. The summed E-state index contributed by atoms with van der Waals surface area (Å²) in [4.78, 5) is 0.111. The fraction of sp³-hybridized carbons (Fsp3) is 0.300. The van der Waals surface area contributed by atoms with Crippen LogP contribution >= 0.6 is 10.7 Å². The van der Waals surface area contributed by atoms with Crippen LogP contribution in [0.5, 0.6) is 0 Å². The quantitative estimate of drug-likeness (QED) is 0.777. The van der Waals surface area contributed by atoms with Gasteiger partial charge in [-0.15, -0.1) is 0 Å². The molecule has 2 aromatic rings. The minimum Gasteiger partial charge on any atom is -0.265 e. The number of aromatic nitrogens is 2. The summed E-state index contributed by atoms with van der Waals surface area (Å²) < 4.78 is 24.2. The average Bonchev–Trinajstić information content (AvgIpc) is 2.54. The number of rotatable bonds is 2. The molecule has 0 bridgehead atoms. The normalized spacial score (nSPS) is 12.2. The summed E-state index contributed by atoms with van der Waals surface area (Å²) in [5.41, 5.74) is 1.73. The third-order valence-electron chi connectivity index (χ3n) is 2.49. The van der Waals surface area contributed by atoms with E-state index in [2.05, 4.69) is 5.10 Å². The van der Waals surface area contributed by atoms with E-state index in [9.17, 15) is 8.42 Å². The first-order valence-electron chi connectivity index (χ1n) is 4.85. The topological polar surface area (TPSA) is 52.0 Å². The lowest BCUT2D eigenvalue weighted by Crippen LogP contribution is -1.96. The van der Waals surface area contributed by atoms with Gasteiger partial charge < -0.3 is 0 Å². The van der Waals surface area contributed by atoms with E-state index in [1.165, 1.54) is 6.07 Å². The van der Waals surface area contributed by atoms with Gasteiger partial charge in [0.1, 0.15) is 0 Å². The molecule has 6 heteroatoms. The zero-order valence-electron chi connectivity index (χ0n) is 8.94. The van der Waals surface area contributed by atoms with Gasteiger partial charge in [-0.05, 0) is 32.0 Å². The van der Waals surface area contributed by atoms with Gasteiger partial charge in [0.25, 0.3) is 9.05 Å². The van der Waals surface area contributed by atoms with Crippen LogP contribution in [0.25, 0.3) is 10.9 Å². The predicted octanol–water partition coefficient (Wildman–Crippen LogP) is 2.29. The van der Waals surface area contributed by atoms with Crippen molar-refractivity contribution in [2.24, 2.45) is 0 Å². The summed E-state index contributed by atoms with van der Waals surface area (Å²) in [6.45, 7) is 4.58. The molecule has 1 aromatic heterocycles. The maximum atomic E-state index is 11.2. The molecule has 0 radical (unpaired) electrons. The summed E-state index contributed by atoms with van der Waals surface area (Å²) in [5, 5.41) is 5.13. The highest BCUT2D eigenvalue weighted by Gasteiger charge is 2.13. The van der Waals surface area contributed by atoms with Crippen LogP contribution in [0.3, 0.4) is 0 Å². The Morgan fingerprint density at radius 3 is 2.69 bits per heavy atom. The molecule has 2 rings (SSSR count). The van der Waals surface area contributed by atoms with E-state index in [4.69, 9.17) is 10.7 Å². The molecule has 1 heterocycles. The fourth-order valence-corrected chi connectivity index (χ4v) is 2.49. The van der Waals surface area contributed by atoms with Gasteiger partial charge >= 0.3 is 0 Å². The molecule has 0 aliphatic rings. The second-order valence-electron chi connectivity index (χ2n) is 3.52. The Labute approximate surface area is 98.2 Å². The molecular formula is C10H11ClN2O2S. The first-order chi connectivity index (χ1) is 7.43. The summed E-state index contributed by atoms with van der Waals surface area (Å²) >= 11 is 0. The number of benzene rings is 1. The molecule has 0 fully saturated rings. The lowest BCUT2D eigenvalue weighted by molar-refractivity contribution is 0.609. The lowest BCUT2D eigenvalue weighted by Gasteiger charge is -1.99. The van der Waals surface area contributed by atoms with Gasteiger partial charge in [0.15, 0.2) is 0 Å². The van der Waals surface area contributed by atoms with Crippen LogP contribution in [-0.4, -0.2) is 18.2 Å². The number of halogens is 1. The third-order valence-corrected chi connectivity index (χ3v) is 3.84. The summed E-state index contributed by atoms with van der Waals surface area (Å²) in [5.74, 6) is 0. The van der Waals surface area contributed by atoms with Crippen molar-refractivity contribution in [3.8, 4) is 0 Å². The van der Waals surface area contributed by atoms with Gasteiger partial charge in [-0.25, -0.2) is 8.42 Å². The van der Waals surface area contributed by atoms with Gasteiger partial charge in [-0.1, -0.05) is 0 Å². The molecule has 1 aromatic carbocycles. The Kier molecular flexibility index (Phi) is 2.67. The minimum atomic E-state index is -3.67. The lowest BCUT2D eigenvalue weighted by atomic mass is 10.2. The summed E-state index contributed by atoms with van der Waals surface area (Å²) in [7, 11) is 1.62. The molecule has 0 saturated carbocycles. The smallest absolute Gasteiger partial charge is 0.261 e. The number of nitrogens with zero attached hydrogens (tertiary/aromatic N) is 2. The first-order valence-corrected chi connectivity index (χ1v) is 7.16. The first kappa shape index (κ1) is 11.4. The Morgan fingerprint density at radius 1 is 1.44 bits per heavy atom. The van der Waals surface area contributed by atoms with Crippen LogP contribution in [0.2, 0.25) is 0 Å². The highest BCUT2D eigenvalue weighted by molar-refractivity contribution is 8.13. The maximum Gasteiger partial charge on any atom is 0.261 e. The molecule has 16 heavy (non-hydrogen) atoms. The second-order valence-corrected chi connectivity index (χ2v) is 6.08. The molecule has 0 saturated heterocycles. The zero-order chi connectivity index (χ0) is 11.9. The molecule has 0 aliphatic heterocycles. The van der Waals surface area contributed by atoms with Crippen LogP contribution in [0, 0.1) is 6.92 Å². The van der Waals surface area contributed by atoms with Gasteiger partial charge in [-0.3, -0.25) is 4.68 Å². The van der Waals surface area contributed by atoms with Crippen molar-refractivity contribution in [2.75, 3.05) is 0 Å². The molecule has 0 spiro atoms. The van der Waals surface area contributed by atoms with Gasteiger partial charge in [0, 0.05) is 22.6 Å². The van der Waals surface area contributed by atoms with E-state index >= 15 is 0 Å². The summed E-state index contributed by atoms with van der Waals surface area (Å²) in [6, 6.07) is 4.79. The van der Waals surface area contributed by atoms with E-state index in [1.807, 2.05) is 18.5 Å². The molecular weight excluding hydrogens is 248 g/mol. The van der Waals surface area contributed by atoms with Crippen molar-refractivity contribution in [1.82, 2.24) is 9.78 Å².